The monoisotopic (exact) mass is 424 g/mol. The van der Waals surface area contributed by atoms with Crippen molar-refractivity contribution >= 4 is 39.8 Å². The lowest BCUT2D eigenvalue weighted by Crippen LogP contribution is -2.16. The Balaban J connectivity index is 1.57. The maximum absolute atomic E-state index is 13.4. The van der Waals surface area contributed by atoms with E-state index in [-0.39, 0.29) is 11.7 Å². The van der Waals surface area contributed by atoms with Crippen LogP contribution in [0.1, 0.15) is 38.8 Å². The Labute approximate surface area is 174 Å². The van der Waals surface area contributed by atoms with Gasteiger partial charge in [-0.05, 0) is 61.4 Å². The average Bonchev–Trinajstić information content (AvgIpc) is 3.45. The molecule has 3 aromatic heterocycles. The molecular formula is C21H17FN4OS2. The summed E-state index contributed by atoms with van der Waals surface area (Å²) in [6, 6.07) is 9.88. The summed E-state index contributed by atoms with van der Waals surface area (Å²) < 4.78 is 15.5. The maximum atomic E-state index is 13.4. The average molecular weight is 425 g/mol. The van der Waals surface area contributed by atoms with Gasteiger partial charge in [0.15, 0.2) is 4.96 Å². The van der Waals surface area contributed by atoms with Crippen molar-refractivity contribution in [3.8, 4) is 11.3 Å². The van der Waals surface area contributed by atoms with Gasteiger partial charge >= 0.3 is 0 Å². The molecule has 0 saturated carbocycles. The highest BCUT2D eigenvalue weighted by Crippen LogP contribution is 2.34. The van der Waals surface area contributed by atoms with E-state index >= 15 is 0 Å². The normalized spacial score (nSPS) is 13.8. The number of thiazole rings is 1. The molecule has 8 heteroatoms. The summed E-state index contributed by atoms with van der Waals surface area (Å²) >= 11 is 3.07. The van der Waals surface area contributed by atoms with Crippen molar-refractivity contribution in [2.45, 2.75) is 25.7 Å². The lowest BCUT2D eigenvalue weighted by atomic mass is 10.0. The first-order valence-corrected chi connectivity index (χ1v) is 11.1. The number of thiophene rings is 1. The molecule has 1 amide bonds. The molecule has 1 aliphatic rings. The highest BCUT2D eigenvalue weighted by Gasteiger charge is 2.22. The first-order valence-electron chi connectivity index (χ1n) is 9.36. The first-order chi connectivity index (χ1) is 14.2. The van der Waals surface area contributed by atoms with Gasteiger partial charge in [0.1, 0.15) is 5.82 Å². The van der Waals surface area contributed by atoms with Crippen molar-refractivity contribution in [3.05, 3.63) is 68.7 Å². The number of imidazole rings is 1. The zero-order chi connectivity index (χ0) is 19.8. The molecule has 0 unspecified atom stereocenters. The minimum Gasteiger partial charge on any atom is -0.285 e. The van der Waals surface area contributed by atoms with Crippen LogP contribution in [0.3, 0.4) is 0 Å². The summed E-state index contributed by atoms with van der Waals surface area (Å²) in [5, 5.41) is 6.05. The molecule has 0 aliphatic heterocycles. The van der Waals surface area contributed by atoms with Crippen molar-refractivity contribution in [2.24, 2.45) is 5.10 Å². The third-order valence-electron chi connectivity index (χ3n) is 4.97. The number of aromatic nitrogens is 2. The number of halogens is 1. The minimum absolute atomic E-state index is 0.243. The topological polar surface area (TPSA) is 58.8 Å². The van der Waals surface area contributed by atoms with E-state index in [2.05, 4.69) is 14.9 Å². The molecule has 5 rings (SSSR count). The number of hydrazone groups is 1. The van der Waals surface area contributed by atoms with E-state index in [1.807, 2.05) is 11.4 Å². The zero-order valence-corrected chi connectivity index (χ0v) is 17.0. The second-order valence-electron chi connectivity index (χ2n) is 6.83. The molecule has 0 atom stereocenters. The van der Waals surface area contributed by atoms with Crippen molar-refractivity contribution in [2.75, 3.05) is 0 Å². The predicted molar refractivity (Wildman–Crippen MR) is 114 cm³/mol. The number of carbonyl (C=O) groups excluding carboxylic acids is 1. The van der Waals surface area contributed by atoms with Crippen molar-refractivity contribution in [1.29, 1.82) is 0 Å². The highest BCUT2D eigenvalue weighted by atomic mass is 32.1. The molecule has 146 valence electrons. The van der Waals surface area contributed by atoms with Gasteiger partial charge in [0.25, 0.3) is 5.91 Å². The van der Waals surface area contributed by atoms with E-state index in [0.29, 0.717) is 4.88 Å². The molecule has 1 aliphatic carbocycles. The van der Waals surface area contributed by atoms with Gasteiger partial charge in [-0.25, -0.2) is 14.8 Å². The third kappa shape index (κ3) is 3.38. The first kappa shape index (κ1) is 18.2. The quantitative estimate of drug-likeness (QED) is 0.374. The minimum atomic E-state index is -0.287. The van der Waals surface area contributed by atoms with E-state index in [1.165, 1.54) is 40.5 Å². The summed E-state index contributed by atoms with van der Waals surface area (Å²) in [4.78, 5) is 19.9. The van der Waals surface area contributed by atoms with Crippen LogP contribution in [0.15, 0.2) is 46.9 Å². The molecule has 0 radical (unpaired) electrons. The van der Waals surface area contributed by atoms with Crippen molar-refractivity contribution in [3.63, 3.8) is 0 Å². The summed E-state index contributed by atoms with van der Waals surface area (Å²) in [6.07, 6.45) is 6.06. The van der Waals surface area contributed by atoms with Gasteiger partial charge in [0, 0.05) is 16.1 Å². The Bertz CT molecular complexity index is 1210. The van der Waals surface area contributed by atoms with Crippen LogP contribution >= 0.6 is 22.7 Å². The van der Waals surface area contributed by atoms with E-state index < -0.39 is 0 Å². The van der Waals surface area contributed by atoms with Crippen LogP contribution in [-0.2, 0) is 12.8 Å². The molecule has 5 nitrogen and oxygen atoms in total. The van der Waals surface area contributed by atoms with Crippen LogP contribution in [0.2, 0.25) is 0 Å². The molecule has 29 heavy (non-hydrogen) atoms. The number of fused-ring (bicyclic) bond motifs is 3. The summed E-state index contributed by atoms with van der Waals surface area (Å²) in [5.74, 6) is -0.529. The maximum Gasteiger partial charge on any atom is 0.281 e. The summed E-state index contributed by atoms with van der Waals surface area (Å²) in [7, 11) is 0. The third-order valence-corrected chi connectivity index (χ3v) is 6.98. The number of nitrogens with zero attached hydrogens (tertiary/aromatic N) is 3. The number of benzene rings is 1. The van der Waals surface area contributed by atoms with Gasteiger partial charge in [0.2, 0.25) is 0 Å². The molecule has 0 bridgehead atoms. The number of nitrogens with one attached hydrogen (secondary N) is 1. The Morgan fingerprint density at radius 2 is 2.03 bits per heavy atom. The van der Waals surface area contributed by atoms with Crippen LogP contribution in [0.4, 0.5) is 4.39 Å². The molecule has 0 saturated heterocycles. The summed E-state index contributed by atoms with van der Waals surface area (Å²) in [5.41, 5.74) is 6.21. The zero-order valence-electron chi connectivity index (χ0n) is 15.4. The van der Waals surface area contributed by atoms with Crippen LogP contribution in [0.25, 0.3) is 16.2 Å². The van der Waals surface area contributed by atoms with Gasteiger partial charge in [-0.15, -0.1) is 22.7 Å². The fourth-order valence-electron chi connectivity index (χ4n) is 3.61. The lowest BCUT2D eigenvalue weighted by Gasteiger charge is -2.11. The van der Waals surface area contributed by atoms with E-state index in [9.17, 15) is 9.18 Å². The largest absolute Gasteiger partial charge is 0.285 e. The Kier molecular flexibility index (Phi) is 4.73. The molecule has 0 fully saturated rings. The number of hydrogen-bond donors (Lipinski definition) is 1. The second-order valence-corrected chi connectivity index (χ2v) is 8.84. The van der Waals surface area contributed by atoms with Gasteiger partial charge in [-0.3, -0.25) is 9.20 Å². The van der Waals surface area contributed by atoms with Gasteiger partial charge in [-0.2, -0.15) is 5.10 Å². The molecule has 3 heterocycles. The number of amides is 1. The predicted octanol–water partition coefficient (Wildman–Crippen LogP) is 4.91. The summed E-state index contributed by atoms with van der Waals surface area (Å²) in [6.45, 7) is 0. The Hall–Kier alpha value is -2.84. The smallest absolute Gasteiger partial charge is 0.281 e. The standard InChI is InChI=1S/C21H17FN4OS2/c22-14-9-7-13(8-10-14)19-16(12-23-25-20(27)18-6-3-11-28-18)26-15-4-1-2-5-17(15)29-21(26)24-19/h3,6-12H,1-2,4-5H2,(H,25,27)/b23-12+. The Morgan fingerprint density at radius 1 is 1.21 bits per heavy atom. The number of hydrogen-bond acceptors (Lipinski definition) is 5. The van der Waals surface area contributed by atoms with Gasteiger partial charge < -0.3 is 0 Å². The van der Waals surface area contributed by atoms with Crippen LogP contribution in [-0.4, -0.2) is 21.5 Å². The Morgan fingerprint density at radius 3 is 2.83 bits per heavy atom. The lowest BCUT2D eigenvalue weighted by molar-refractivity contribution is 0.0959. The number of aryl methyl sites for hydroxylation is 2. The van der Waals surface area contributed by atoms with E-state index in [4.69, 9.17) is 4.98 Å². The molecule has 1 aromatic carbocycles. The SMILES string of the molecule is O=C(N/N=C/c1c(-c2ccc(F)cc2)nc2sc3c(n12)CCCC3)c1cccs1. The van der Waals surface area contributed by atoms with E-state index in [1.54, 1.807) is 35.8 Å². The van der Waals surface area contributed by atoms with Crippen molar-refractivity contribution in [1.82, 2.24) is 14.8 Å². The van der Waals surface area contributed by atoms with Crippen LogP contribution < -0.4 is 5.43 Å². The van der Waals surface area contributed by atoms with Crippen molar-refractivity contribution < 1.29 is 9.18 Å². The van der Waals surface area contributed by atoms with Gasteiger partial charge in [0.05, 0.1) is 22.5 Å². The highest BCUT2D eigenvalue weighted by molar-refractivity contribution is 7.17. The number of carbonyl (C=O) groups is 1. The molecule has 0 spiro atoms. The molecule has 1 N–H and O–H groups in total. The molecule has 4 aromatic rings. The molecular weight excluding hydrogens is 407 g/mol. The number of rotatable bonds is 4. The fourth-order valence-corrected chi connectivity index (χ4v) is 5.44. The van der Waals surface area contributed by atoms with Crippen LogP contribution in [0.5, 0.6) is 0 Å². The fraction of sp³-hybridized carbons (Fsp3) is 0.190. The van der Waals surface area contributed by atoms with Gasteiger partial charge in [-0.1, -0.05) is 6.07 Å². The second kappa shape index (κ2) is 7.53. The van der Waals surface area contributed by atoms with Crippen LogP contribution in [0, 0.1) is 5.82 Å². The van der Waals surface area contributed by atoms with E-state index in [0.717, 1.165) is 41.2 Å².